The molecule has 0 unspecified atom stereocenters. The van der Waals surface area contributed by atoms with Crippen LogP contribution in [0.5, 0.6) is 5.88 Å². The molecule has 0 saturated carbocycles. The molecular weight excluding hydrogens is 250 g/mol. The maximum atomic E-state index is 5.67. The third-order valence-corrected chi connectivity index (χ3v) is 2.40. The summed E-state index contributed by atoms with van der Waals surface area (Å²) in [6.45, 7) is 0. The molecule has 0 aliphatic heterocycles. The molecule has 3 aromatic heterocycles. The molecule has 9 heteroatoms. The Hall–Kier alpha value is -2.97. The van der Waals surface area contributed by atoms with Gasteiger partial charge in [-0.2, -0.15) is 10.1 Å². The number of nitrogens with zero attached hydrogens (tertiary/aromatic N) is 5. The monoisotopic (exact) mass is 259 g/mol. The quantitative estimate of drug-likeness (QED) is 0.695. The van der Waals surface area contributed by atoms with Gasteiger partial charge in [-0.15, -0.1) is 10.2 Å². The third-order valence-electron chi connectivity index (χ3n) is 2.40. The number of ether oxygens (including phenoxy) is 1. The van der Waals surface area contributed by atoms with Gasteiger partial charge in [0.05, 0.1) is 13.3 Å². The number of nitrogens with two attached hydrogens (primary N) is 1. The van der Waals surface area contributed by atoms with Crippen LogP contribution in [0.15, 0.2) is 22.9 Å². The topological polar surface area (TPSA) is 129 Å². The zero-order valence-electron chi connectivity index (χ0n) is 9.86. The van der Waals surface area contributed by atoms with Crippen LogP contribution in [0.3, 0.4) is 0 Å². The van der Waals surface area contributed by atoms with Crippen molar-refractivity contribution in [1.82, 2.24) is 30.5 Å². The van der Waals surface area contributed by atoms with Gasteiger partial charge in [0.2, 0.25) is 11.7 Å². The zero-order valence-corrected chi connectivity index (χ0v) is 9.86. The summed E-state index contributed by atoms with van der Waals surface area (Å²) in [5.74, 6) is 1.34. The van der Waals surface area contributed by atoms with E-state index in [9.17, 15) is 0 Å². The summed E-state index contributed by atoms with van der Waals surface area (Å²) >= 11 is 0. The Bertz CT molecular complexity index is 688. The predicted molar refractivity (Wildman–Crippen MR) is 63.9 cm³/mol. The molecule has 0 atom stereocenters. The number of hydrogen-bond donors (Lipinski definition) is 2. The summed E-state index contributed by atoms with van der Waals surface area (Å²) in [7, 11) is 1.51. The SMILES string of the molecule is COc1ccc(-c2noc(-c3cn[nH]c3N)n2)nn1. The van der Waals surface area contributed by atoms with E-state index in [2.05, 4.69) is 30.5 Å². The summed E-state index contributed by atoms with van der Waals surface area (Å²) in [5, 5.41) is 17.9. The number of rotatable bonds is 3. The molecule has 0 radical (unpaired) electrons. The molecule has 0 bridgehead atoms. The molecule has 3 heterocycles. The fourth-order valence-corrected chi connectivity index (χ4v) is 1.45. The van der Waals surface area contributed by atoms with E-state index in [4.69, 9.17) is 15.0 Å². The third kappa shape index (κ3) is 1.97. The van der Waals surface area contributed by atoms with E-state index in [1.54, 1.807) is 12.1 Å². The van der Waals surface area contributed by atoms with Gasteiger partial charge in [0.15, 0.2) is 0 Å². The Morgan fingerprint density at radius 1 is 1.32 bits per heavy atom. The first-order chi connectivity index (χ1) is 9.28. The van der Waals surface area contributed by atoms with E-state index in [-0.39, 0.29) is 5.89 Å². The van der Waals surface area contributed by atoms with E-state index in [1.165, 1.54) is 13.3 Å². The average molecular weight is 259 g/mol. The summed E-state index contributed by atoms with van der Waals surface area (Å²) in [5.41, 5.74) is 6.68. The number of nitrogen functional groups attached to an aromatic ring is 1. The maximum Gasteiger partial charge on any atom is 0.263 e. The van der Waals surface area contributed by atoms with Crippen molar-refractivity contribution in [1.29, 1.82) is 0 Å². The number of aromatic amines is 1. The second-order valence-electron chi connectivity index (χ2n) is 3.58. The van der Waals surface area contributed by atoms with Gasteiger partial charge >= 0.3 is 0 Å². The van der Waals surface area contributed by atoms with Gasteiger partial charge in [-0.25, -0.2) is 0 Å². The standard InChI is InChI=1S/C10H9N7O2/c1-18-7-3-2-6(14-15-7)9-13-10(19-17-9)5-4-12-16-8(5)11/h2-4H,1H3,(H3,11,12,16). The Balaban J connectivity index is 1.94. The largest absolute Gasteiger partial charge is 0.480 e. The van der Waals surface area contributed by atoms with Gasteiger partial charge < -0.3 is 15.0 Å². The van der Waals surface area contributed by atoms with Gasteiger partial charge in [0.25, 0.3) is 5.89 Å². The molecule has 0 fully saturated rings. The number of methoxy groups -OCH3 is 1. The molecule has 19 heavy (non-hydrogen) atoms. The van der Waals surface area contributed by atoms with E-state index < -0.39 is 0 Å². The van der Waals surface area contributed by atoms with Crippen LogP contribution in [0.25, 0.3) is 23.0 Å². The van der Waals surface area contributed by atoms with Crippen molar-refractivity contribution in [3.05, 3.63) is 18.3 Å². The minimum atomic E-state index is 0.263. The van der Waals surface area contributed by atoms with E-state index in [1.807, 2.05) is 0 Å². The molecule has 0 aliphatic carbocycles. The molecule has 0 aliphatic rings. The van der Waals surface area contributed by atoms with Crippen LogP contribution in [-0.4, -0.2) is 37.6 Å². The molecule has 0 aromatic carbocycles. The summed E-state index contributed by atoms with van der Waals surface area (Å²) in [6.07, 6.45) is 1.51. The lowest BCUT2D eigenvalue weighted by Crippen LogP contribution is -1.93. The highest BCUT2D eigenvalue weighted by atomic mass is 16.5. The first-order valence-electron chi connectivity index (χ1n) is 5.29. The van der Waals surface area contributed by atoms with E-state index in [0.29, 0.717) is 28.8 Å². The Morgan fingerprint density at radius 2 is 2.21 bits per heavy atom. The van der Waals surface area contributed by atoms with Gasteiger partial charge in [0, 0.05) is 6.07 Å². The number of aromatic nitrogens is 6. The van der Waals surface area contributed by atoms with Crippen molar-refractivity contribution in [2.75, 3.05) is 12.8 Å². The highest BCUT2D eigenvalue weighted by Crippen LogP contribution is 2.24. The lowest BCUT2D eigenvalue weighted by atomic mass is 10.3. The van der Waals surface area contributed by atoms with Crippen LogP contribution in [0.1, 0.15) is 0 Å². The Labute approximate surface area is 106 Å². The second kappa shape index (κ2) is 4.37. The average Bonchev–Trinajstić information content (AvgIpc) is 3.07. The highest BCUT2D eigenvalue weighted by molar-refractivity contribution is 5.67. The van der Waals surface area contributed by atoms with Crippen LogP contribution in [0.4, 0.5) is 5.82 Å². The van der Waals surface area contributed by atoms with Gasteiger partial charge in [-0.3, -0.25) is 5.10 Å². The molecule has 3 N–H and O–H groups in total. The molecule has 0 spiro atoms. The minimum Gasteiger partial charge on any atom is -0.480 e. The number of hydrogen-bond acceptors (Lipinski definition) is 8. The highest BCUT2D eigenvalue weighted by Gasteiger charge is 2.15. The Kier molecular flexibility index (Phi) is 2.56. The first-order valence-corrected chi connectivity index (χ1v) is 5.29. The lowest BCUT2D eigenvalue weighted by Gasteiger charge is -1.96. The molecular formula is C10H9N7O2. The number of nitrogens with one attached hydrogen (secondary N) is 1. The molecule has 0 saturated heterocycles. The van der Waals surface area contributed by atoms with Crippen molar-refractivity contribution < 1.29 is 9.26 Å². The van der Waals surface area contributed by atoms with Crippen molar-refractivity contribution in [3.63, 3.8) is 0 Å². The molecule has 0 amide bonds. The van der Waals surface area contributed by atoms with Crippen LogP contribution in [0, 0.1) is 0 Å². The van der Waals surface area contributed by atoms with Crippen LogP contribution >= 0.6 is 0 Å². The van der Waals surface area contributed by atoms with E-state index in [0.717, 1.165) is 0 Å². The fraction of sp³-hybridized carbons (Fsp3) is 0.100. The summed E-state index contributed by atoms with van der Waals surface area (Å²) < 4.78 is 10.0. The molecule has 9 nitrogen and oxygen atoms in total. The van der Waals surface area contributed by atoms with Crippen molar-refractivity contribution in [2.24, 2.45) is 0 Å². The normalized spacial score (nSPS) is 10.6. The molecule has 3 aromatic rings. The second-order valence-corrected chi connectivity index (χ2v) is 3.58. The van der Waals surface area contributed by atoms with Crippen LogP contribution < -0.4 is 10.5 Å². The summed E-state index contributed by atoms with van der Waals surface area (Å²) in [6, 6.07) is 3.34. The van der Waals surface area contributed by atoms with Crippen LogP contribution in [-0.2, 0) is 0 Å². The molecule has 3 rings (SSSR count). The van der Waals surface area contributed by atoms with Crippen molar-refractivity contribution in [2.45, 2.75) is 0 Å². The number of H-pyrrole nitrogens is 1. The van der Waals surface area contributed by atoms with Gasteiger partial charge in [0.1, 0.15) is 17.1 Å². The Morgan fingerprint density at radius 3 is 2.84 bits per heavy atom. The first kappa shape index (κ1) is 11.1. The van der Waals surface area contributed by atoms with Gasteiger partial charge in [-0.1, -0.05) is 5.16 Å². The fourth-order valence-electron chi connectivity index (χ4n) is 1.45. The lowest BCUT2D eigenvalue weighted by molar-refractivity contribution is 0.392. The summed E-state index contributed by atoms with van der Waals surface area (Å²) in [4.78, 5) is 4.18. The smallest absolute Gasteiger partial charge is 0.263 e. The minimum absolute atomic E-state index is 0.263. The number of anilines is 1. The molecule has 96 valence electrons. The van der Waals surface area contributed by atoms with Crippen molar-refractivity contribution in [3.8, 4) is 28.9 Å². The zero-order chi connectivity index (χ0) is 13.2. The predicted octanol–water partition coefficient (Wildman–Crippen LogP) is 0.507. The van der Waals surface area contributed by atoms with Crippen molar-refractivity contribution >= 4 is 5.82 Å². The van der Waals surface area contributed by atoms with E-state index >= 15 is 0 Å². The van der Waals surface area contributed by atoms with Crippen LogP contribution in [0.2, 0.25) is 0 Å². The van der Waals surface area contributed by atoms with Gasteiger partial charge in [-0.05, 0) is 6.07 Å². The maximum absolute atomic E-state index is 5.67.